The molecular formula is C40H60N6O9. The van der Waals surface area contributed by atoms with Crippen molar-refractivity contribution < 1.29 is 43.7 Å². The summed E-state index contributed by atoms with van der Waals surface area (Å²) in [6, 6.07) is 6.22. The number of hydrogen-bond acceptors (Lipinski definition) is 10. The minimum Gasteiger partial charge on any atom is -0.507 e. The van der Waals surface area contributed by atoms with Crippen molar-refractivity contribution in [2.45, 2.75) is 104 Å². The van der Waals surface area contributed by atoms with E-state index in [9.17, 15) is 39.0 Å². The van der Waals surface area contributed by atoms with E-state index in [4.69, 9.17) is 10.5 Å². The first-order valence-electron chi connectivity index (χ1n) is 19.3. The van der Waals surface area contributed by atoms with Gasteiger partial charge in [0.25, 0.3) is 0 Å². The van der Waals surface area contributed by atoms with Gasteiger partial charge in [-0.1, -0.05) is 71.9 Å². The molecule has 8 N–H and O–H groups in total. The first kappa shape index (κ1) is 46.1. The highest BCUT2D eigenvalue weighted by atomic mass is 16.6. The molecule has 3 atom stereocenters. The van der Waals surface area contributed by atoms with E-state index in [-0.39, 0.29) is 72.4 Å². The van der Waals surface area contributed by atoms with Gasteiger partial charge in [-0.3, -0.25) is 28.8 Å². The van der Waals surface area contributed by atoms with Crippen LogP contribution in [-0.2, 0) is 39.9 Å². The molecule has 5 amide bonds. The smallest absolute Gasteiger partial charge is 0.247 e. The quantitative estimate of drug-likeness (QED) is 0.103. The zero-order chi connectivity index (χ0) is 40.9. The highest BCUT2D eigenvalue weighted by Gasteiger charge is 2.33. The molecule has 1 saturated heterocycles. The van der Waals surface area contributed by atoms with Crippen molar-refractivity contribution >= 4 is 35.3 Å². The Labute approximate surface area is 324 Å². The largest absolute Gasteiger partial charge is 0.507 e. The number of nitrogens with zero attached hydrogens (tertiary/aromatic N) is 1. The molecule has 2 aromatic rings. The van der Waals surface area contributed by atoms with Crippen LogP contribution in [0.1, 0.15) is 96.2 Å². The van der Waals surface area contributed by atoms with E-state index < -0.39 is 48.4 Å². The van der Waals surface area contributed by atoms with Gasteiger partial charge in [-0.15, -0.1) is 0 Å². The predicted octanol–water partition coefficient (Wildman–Crippen LogP) is 2.75. The standard InChI is InChI=1S/C34H43N5O9.C4H11N.C2H6/c1-3-4-5-6-7-8-29(43)35-18-31(45)39(2)32-21-10-12-26(41)23(15-21)22-13-20(9-11-25(22)40)14-24(38-30(44)17-37-34(32)47)33(46)36-16-27(42)28-19-48-28;1-2-3-4-5;1-2/h9-13,15,24,28,32,40-41H,3-8,14,16-19H2,1-2H3,(H,35,43)(H,36,46)(H,37,47)(H,38,44);2-5H2,1H3;1-2H3. The van der Waals surface area contributed by atoms with Crippen LogP contribution < -0.4 is 27.0 Å². The number of nitrogens with one attached hydrogen (secondary N) is 4. The van der Waals surface area contributed by atoms with Crippen LogP contribution in [0.15, 0.2) is 36.4 Å². The number of phenolic OH excluding ortho intramolecular Hbond substituents is 2. The molecule has 3 unspecified atom stereocenters. The second-order valence-electron chi connectivity index (χ2n) is 13.2. The molecule has 15 nitrogen and oxygen atoms in total. The Kier molecular flexibility index (Phi) is 20.5. The fourth-order valence-electron chi connectivity index (χ4n) is 5.64. The zero-order valence-corrected chi connectivity index (χ0v) is 32.9. The molecule has 2 aliphatic heterocycles. The van der Waals surface area contributed by atoms with Gasteiger partial charge >= 0.3 is 0 Å². The minimum atomic E-state index is -1.31. The normalized spacial score (nSPS) is 17.3. The third-order valence-electron chi connectivity index (χ3n) is 8.86. The van der Waals surface area contributed by atoms with Gasteiger partial charge in [0.2, 0.25) is 29.5 Å². The van der Waals surface area contributed by atoms with Gasteiger partial charge in [0.15, 0.2) is 5.78 Å². The Hall–Kier alpha value is -5.02. The van der Waals surface area contributed by atoms with Crippen molar-refractivity contribution in [3.8, 4) is 22.6 Å². The lowest BCUT2D eigenvalue weighted by Crippen LogP contribution is -2.52. The number of benzene rings is 2. The van der Waals surface area contributed by atoms with Gasteiger partial charge in [0, 0.05) is 31.0 Å². The summed E-state index contributed by atoms with van der Waals surface area (Å²) in [6.45, 7) is 8.16. The molecule has 0 spiro atoms. The van der Waals surface area contributed by atoms with Crippen molar-refractivity contribution in [1.29, 1.82) is 0 Å². The summed E-state index contributed by atoms with van der Waals surface area (Å²) in [5, 5.41) is 31.8. The number of hydrogen-bond donors (Lipinski definition) is 7. The number of rotatable bonds is 15. The summed E-state index contributed by atoms with van der Waals surface area (Å²) in [5.41, 5.74) is 6.24. The highest BCUT2D eigenvalue weighted by molar-refractivity contribution is 5.96. The number of unbranched alkanes of at least 4 members (excludes halogenated alkanes) is 5. The first-order valence-corrected chi connectivity index (χ1v) is 19.3. The van der Waals surface area contributed by atoms with Crippen LogP contribution in [0.25, 0.3) is 11.1 Å². The van der Waals surface area contributed by atoms with Gasteiger partial charge < -0.3 is 46.9 Å². The summed E-state index contributed by atoms with van der Waals surface area (Å²) >= 11 is 0. The second kappa shape index (κ2) is 24.4. The molecule has 2 heterocycles. The molecule has 4 rings (SSSR count). The number of aromatic hydroxyl groups is 2. The Bertz CT molecular complexity index is 1590. The van der Waals surface area contributed by atoms with Crippen LogP contribution in [0, 0.1) is 0 Å². The number of carbonyl (C=O) groups is 6. The molecule has 1 fully saturated rings. The number of phenols is 2. The average molecular weight is 769 g/mol. The fourth-order valence-corrected chi connectivity index (χ4v) is 5.64. The predicted molar refractivity (Wildman–Crippen MR) is 209 cm³/mol. The maximum atomic E-state index is 13.6. The third kappa shape index (κ3) is 15.3. The molecule has 55 heavy (non-hydrogen) atoms. The lowest BCUT2D eigenvalue weighted by molar-refractivity contribution is -0.140. The van der Waals surface area contributed by atoms with E-state index in [0.717, 1.165) is 37.1 Å². The number of likely N-dealkylation sites (N-methyl/N-ethyl adjacent to an activating group) is 1. The van der Waals surface area contributed by atoms with Crippen LogP contribution in [-0.4, -0.2) is 102 Å². The molecule has 0 radical (unpaired) electrons. The van der Waals surface area contributed by atoms with Gasteiger partial charge in [0.1, 0.15) is 29.7 Å². The second-order valence-corrected chi connectivity index (χ2v) is 13.2. The van der Waals surface area contributed by atoms with Gasteiger partial charge in [0.05, 0.1) is 26.2 Å². The van der Waals surface area contributed by atoms with E-state index in [2.05, 4.69) is 35.1 Å². The summed E-state index contributed by atoms with van der Waals surface area (Å²) in [6.07, 6.45) is 6.87. The molecule has 0 saturated carbocycles. The average Bonchev–Trinajstić information content (AvgIpc) is 4.03. The minimum absolute atomic E-state index is 0.0440. The van der Waals surface area contributed by atoms with Crippen LogP contribution in [0.4, 0.5) is 0 Å². The highest BCUT2D eigenvalue weighted by Crippen LogP contribution is 2.38. The number of epoxide rings is 1. The number of carbonyl (C=O) groups excluding carboxylic acids is 6. The van der Waals surface area contributed by atoms with Crippen LogP contribution in [0.5, 0.6) is 11.5 Å². The van der Waals surface area contributed by atoms with Crippen molar-refractivity contribution in [3.05, 3.63) is 47.5 Å². The molecule has 4 bridgehead atoms. The monoisotopic (exact) mass is 768 g/mol. The molecule has 0 aromatic heterocycles. The summed E-state index contributed by atoms with van der Waals surface area (Å²) in [7, 11) is 1.38. The van der Waals surface area contributed by atoms with E-state index >= 15 is 0 Å². The Morgan fingerprint density at radius 3 is 2.15 bits per heavy atom. The zero-order valence-electron chi connectivity index (χ0n) is 32.9. The van der Waals surface area contributed by atoms with Crippen LogP contribution >= 0.6 is 0 Å². The number of amides is 5. The van der Waals surface area contributed by atoms with Crippen LogP contribution in [0.3, 0.4) is 0 Å². The van der Waals surface area contributed by atoms with Gasteiger partial charge in [-0.05, 0) is 54.8 Å². The molecule has 2 aromatic carbocycles. The Morgan fingerprint density at radius 2 is 1.53 bits per heavy atom. The van der Waals surface area contributed by atoms with Crippen LogP contribution in [0.2, 0.25) is 0 Å². The summed E-state index contributed by atoms with van der Waals surface area (Å²) in [4.78, 5) is 78.6. The number of nitrogens with two attached hydrogens (primary N) is 1. The Balaban J connectivity index is 0.00000138. The lowest BCUT2D eigenvalue weighted by atomic mass is 9.94. The maximum Gasteiger partial charge on any atom is 0.247 e. The summed E-state index contributed by atoms with van der Waals surface area (Å²) < 4.78 is 4.95. The molecule has 15 heteroatoms. The van der Waals surface area contributed by atoms with E-state index in [1.165, 1.54) is 50.2 Å². The van der Waals surface area contributed by atoms with Gasteiger partial charge in [-0.25, -0.2) is 0 Å². The Morgan fingerprint density at radius 1 is 0.891 bits per heavy atom. The lowest BCUT2D eigenvalue weighted by Gasteiger charge is -2.29. The van der Waals surface area contributed by atoms with E-state index in [0.29, 0.717) is 12.0 Å². The topological polar surface area (TPSA) is 233 Å². The maximum absolute atomic E-state index is 13.6. The van der Waals surface area contributed by atoms with Crippen molar-refractivity contribution in [3.63, 3.8) is 0 Å². The third-order valence-corrected chi connectivity index (χ3v) is 8.86. The molecule has 2 aliphatic rings. The number of ketones is 1. The number of fused-ring (bicyclic) bond motifs is 5. The SMILES string of the molecule is CC.CCCCCCCC(=O)NCC(=O)N(C)C1C(=O)NCC(=O)NC(C(=O)NCC(=O)C2CO2)Cc2ccc(O)c(c2)-c2cc1ccc2O.CCCCN. The molecule has 0 aliphatic carbocycles. The molecule has 304 valence electrons. The van der Waals surface area contributed by atoms with Crippen molar-refractivity contribution in [1.82, 2.24) is 26.2 Å². The van der Waals surface area contributed by atoms with Gasteiger partial charge in [-0.2, -0.15) is 0 Å². The number of Topliss-reactive ketones (excluding diaryl/α,β-unsaturated/α-hetero) is 1. The number of ether oxygens (including phenoxy) is 1. The first-order chi connectivity index (χ1) is 26.4. The van der Waals surface area contributed by atoms with E-state index in [1.54, 1.807) is 6.07 Å². The van der Waals surface area contributed by atoms with Crippen molar-refractivity contribution in [2.24, 2.45) is 5.73 Å². The summed E-state index contributed by atoms with van der Waals surface area (Å²) in [5.74, 6) is -3.71. The fraction of sp³-hybridized carbons (Fsp3) is 0.550. The molecular weight excluding hydrogens is 708 g/mol. The van der Waals surface area contributed by atoms with E-state index in [1.807, 2.05) is 13.8 Å². The van der Waals surface area contributed by atoms with Crippen molar-refractivity contribution in [2.75, 3.05) is 39.8 Å².